The van der Waals surface area contributed by atoms with Gasteiger partial charge in [-0.3, -0.25) is 14.9 Å². The van der Waals surface area contributed by atoms with Crippen LogP contribution in [-0.2, 0) is 11.2 Å². The minimum absolute atomic E-state index is 0.000101. The summed E-state index contributed by atoms with van der Waals surface area (Å²) >= 11 is 0. The normalized spacial score (nSPS) is 11.3. The van der Waals surface area contributed by atoms with Crippen molar-refractivity contribution in [3.8, 4) is 6.07 Å². The quantitative estimate of drug-likeness (QED) is 0.678. The van der Waals surface area contributed by atoms with Crippen LogP contribution in [0.4, 0.5) is 5.69 Å². The lowest BCUT2D eigenvalue weighted by Crippen LogP contribution is -2.28. The summed E-state index contributed by atoms with van der Waals surface area (Å²) in [4.78, 5) is 22.2. The molecule has 0 aliphatic heterocycles. The number of carbonyl (C=O) groups excluding carboxylic acids is 1. The first-order chi connectivity index (χ1) is 11.0. The predicted octanol–water partition coefficient (Wildman–Crippen LogP) is 2.89. The molecule has 0 fully saturated rings. The molecule has 0 saturated carbocycles. The largest absolute Gasteiger partial charge is 0.349 e. The minimum atomic E-state index is -0.475. The van der Waals surface area contributed by atoms with Gasteiger partial charge in [0.15, 0.2) is 0 Å². The highest BCUT2D eigenvalue weighted by atomic mass is 16.6. The first kappa shape index (κ1) is 16.2. The maximum absolute atomic E-state index is 12.0. The lowest BCUT2D eigenvalue weighted by Gasteiger charge is -2.14. The van der Waals surface area contributed by atoms with E-state index in [0.29, 0.717) is 11.1 Å². The summed E-state index contributed by atoms with van der Waals surface area (Å²) in [6.45, 7) is 1.86. The van der Waals surface area contributed by atoms with Crippen molar-refractivity contribution >= 4 is 11.6 Å². The number of rotatable bonds is 5. The Morgan fingerprint density at radius 2 is 1.83 bits per heavy atom. The van der Waals surface area contributed by atoms with E-state index in [1.165, 1.54) is 12.1 Å². The van der Waals surface area contributed by atoms with Crippen LogP contribution in [0.1, 0.15) is 29.7 Å². The molecule has 0 radical (unpaired) electrons. The molecule has 6 nitrogen and oxygen atoms in total. The van der Waals surface area contributed by atoms with Crippen LogP contribution in [-0.4, -0.2) is 10.8 Å². The summed E-state index contributed by atoms with van der Waals surface area (Å²) in [6.07, 6.45) is 0.151. The Hall–Kier alpha value is -3.20. The first-order valence-corrected chi connectivity index (χ1v) is 7.02. The average Bonchev–Trinajstić information content (AvgIpc) is 2.55. The molecule has 0 aliphatic carbocycles. The smallest absolute Gasteiger partial charge is 0.269 e. The zero-order valence-electron chi connectivity index (χ0n) is 12.5. The second kappa shape index (κ2) is 7.18. The Morgan fingerprint density at radius 3 is 2.35 bits per heavy atom. The van der Waals surface area contributed by atoms with Gasteiger partial charge < -0.3 is 5.32 Å². The van der Waals surface area contributed by atoms with Gasteiger partial charge in [-0.05, 0) is 30.2 Å². The zero-order chi connectivity index (χ0) is 16.8. The fraction of sp³-hybridized carbons (Fsp3) is 0.176. The third-order valence-electron chi connectivity index (χ3n) is 3.43. The number of nitro benzene ring substituents is 1. The number of amides is 1. The summed E-state index contributed by atoms with van der Waals surface area (Å²) in [5.41, 5.74) is 2.18. The average molecular weight is 309 g/mol. The highest BCUT2D eigenvalue weighted by Crippen LogP contribution is 2.15. The van der Waals surface area contributed by atoms with Crippen LogP contribution in [0.3, 0.4) is 0 Å². The highest BCUT2D eigenvalue weighted by molar-refractivity contribution is 5.79. The van der Waals surface area contributed by atoms with Crippen LogP contribution in [0.5, 0.6) is 0 Å². The van der Waals surface area contributed by atoms with Crippen molar-refractivity contribution in [2.24, 2.45) is 0 Å². The van der Waals surface area contributed by atoms with Gasteiger partial charge in [0.1, 0.15) is 0 Å². The number of nitriles is 1. The van der Waals surface area contributed by atoms with Gasteiger partial charge >= 0.3 is 0 Å². The summed E-state index contributed by atoms with van der Waals surface area (Å²) in [6, 6.07) is 14.8. The van der Waals surface area contributed by atoms with Crippen LogP contribution in [0.15, 0.2) is 48.5 Å². The van der Waals surface area contributed by atoms with Gasteiger partial charge in [-0.2, -0.15) is 5.26 Å². The maximum Gasteiger partial charge on any atom is 0.269 e. The maximum atomic E-state index is 12.0. The van der Waals surface area contributed by atoms with E-state index in [4.69, 9.17) is 5.26 Å². The van der Waals surface area contributed by atoms with E-state index < -0.39 is 4.92 Å². The summed E-state index contributed by atoms with van der Waals surface area (Å²) in [5, 5.41) is 22.2. The fourth-order valence-electron chi connectivity index (χ4n) is 2.14. The molecule has 0 bridgehead atoms. The molecule has 2 aromatic rings. The van der Waals surface area contributed by atoms with Crippen LogP contribution < -0.4 is 5.32 Å². The molecule has 116 valence electrons. The molecule has 0 spiro atoms. The number of nitrogens with one attached hydrogen (secondary N) is 1. The van der Waals surface area contributed by atoms with Gasteiger partial charge in [-0.15, -0.1) is 0 Å². The van der Waals surface area contributed by atoms with Crippen molar-refractivity contribution in [2.75, 3.05) is 0 Å². The van der Waals surface area contributed by atoms with E-state index in [9.17, 15) is 14.9 Å². The molecule has 6 heteroatoms. The van der Waals surface area contributed by atoms with Crippen molar-refractivity contribution in [3.05, 3.63) is 75.3 Å². The Labute approximate surface area is 133 Å². The van der Waals surface area contributed by atoms with Crippen molar-refractivity contribution in [3.63, 3.8) is 0 Å². The lowest BCUT2D eigenvalue weighted by molar-refractivity contribution is -0.384. The van der Waals surface area contributed by atoms with E-state index in [1.54, 1.807) is 36.4 Å². The van der Waals surface area contributed by atoms with Crippen molar-refractivity contribution in [1.29, 1.82) is 5.26 Å². The van der Waals surface area contributed by atoms with Crippen molar-refractivity contribution < 1.29 is 9.72 Å². The number of hydrogen-bond donors (Lipinski definition) is 1. The fourth-order valence-corrected chi connectivity index (χ4v) is 2.14. The van der Waals surface area contributed by atoms with Crippen LogP contribution in [0.2, 0.25) is 0 Å². The Balaban J connectivity index is 1.95. The number of benzene rings is 2. The molecule has 0 aliphatic rings. The zero-order valence-corrected chi connectivity index (χ0v) is 12.5. The third-order valence-corrected chi connectivity index (χ3v) is 3.43. The molecule has 2 rings (SSSR count). The molecule has 1 unspecified atom stereocenters. The number of non-ortho nitro benzene ring substituents is 1. The predicted molar refractivity (Wildman–Crippen MR) is 84.5 cm³/mol. The van der Waals surface area contributed by atoms with E-state index in [-0.39, 0.29) is 24.1 Å². The minimum Gasteiger partial charge on any atom is -0.349 e. The SMILES string of the molecule is CC(NC(=O)Cc1ccc([N+](=O)[O-])cc1)c1ccc(C#N)cc1. The van der Waals surface area contributed by atoms with E-state index in [2.05, 4.69) is 5.32 Å². The standard InChI is InChI=1S/C17H15N3O3/c1-12(15-6-2-14(11-18)3-7-15)19-17(21)10-13-4-8-16(9-5-13)20(22)23/h2-9,12H,10H2,1H3,(H,19,21). The van der Waals surface area contributed by atoms with Gasteiger partial charge in [-0.1, -0.05) is 24.3 Å². The molecule has 1 amide bonds. The molecule has 1 atom stereocenters. The summed E-state index contributed by atoms with van der Waals surface area (Å²) in [7, 11) is 0. The van der Waals surface area contributed by atoms with Crippen LogP contribution in [0, 0.1) is 21.4 Å². The van der Waals surface area contributed by atoms with Gasteiger partial charge in [-0.25, -0.2) is 0 Å². The van der Waals surface area contributed by atoms with E-state index in [1.807, 2.05) is 13.0 Å². The third kappa shape index (κ3) is 4.38. The topological polar surface area (TPSA) is 96.0 Å². The molecule has 23 heavy (non-hydrogen) atoms. The summed E-state index contributed by atoms with van der Waals surface area (Å²) < 4.78 is 0. The van der Waals surface area contributed by atoms with Gasteiger partial charge in [0.05, 0.1) is 29.0 Å². The lowest BCUT2D eigenvalue weighted by atomic mass is 10.1. The van der Waals surface area contributed by atoms with Gasteiger partial charge in [0.25, 0.3) is 5.69 Å². The number of carbonyl (C=O) groups is 1. The molecular formula is C17H15N3O3. The first-order valence-electron chi connectivity index (χ1n) is 7.02. The summed E-state index contributed by atoms with van der Waals surface area (Å²) in [5.74, 6) is -0.171. The number of hydrogen-bond acceptors (Lipinski definition) is 4. The molecule has 0 saturated heterocycles. The van der Waals surface area contributed by atoms with E-state index in [0.717, 1.165) is 5.56 Å². The number of nitrogens with zero attached hydrogens (tertiary/aromatic N) is 2. The molecular weight excluding hydrogens is 294 g/mol. The second-order valence-corrected chi connectivity index (χ2v) is 5.12. The van der Waals surface area contributed by atoms with Crippen molar-refractivity contribution in [1.82, 2.24) is 5.32 Å². The molecule has 2 aromatic carbocycles. The Kier molecular flexibility index (Phi) is 5.05. The Bertz CT molecular complexity index is 746. The highest BCUT2D eigenvalue weighted by Gasteiger charge is 2.11. The number of nitro groups is 1. The van der Waals surface area contributed by atoms with Crippen LogP contribution in [0.25, 0.3) is 0 Å². The van der Waals surface area contributed by atoms with Gasteiger partial charge in [0, 0.05) is 12.1 Å². The monoisotopic (exact) mass is 309 g/mol. The second-order valence-electron chi connectivity index (χ2n) is 5.12. The molecule has 0 heterocycles. The molecule has 1 N–H and O–H groups in total. The van der Waals surface area contributed by atoms with E-state index >= 15 is 0 Å². The van der Waals surface area contributed by atoms with Crippen molar-refractivity contribution in [2.45, 2.75) is 19.4 Å². The van der Waals surface area contributed by atoms with Crippen LogP contribution >= 0.6 is 0 Å². The molecule has 0 aromatic heterocycles. The van der Waals surface area contributed by atoms with Gasteiger partial charge in [0.2, 0.25) is 5.91 Å². The Morgan fingerprint density at radius 1 is 1.22 bits per heavy atom.